The summed E-state index contributed by atoms with van der Waals surface area (Å²) < 4.78 is 0. The maximum absolute atomic E-state index is 6.27. The molecule has 0 aromatic heterocycles. The molecule has 0 heterocycles. The average molecular weight is 266 g/mol. The second-order valence-electron chi connectivity index (χ2n) is 6.54. The first-order valence-corrected chi connectivity index (χ1v) is 7.31. The van der Waals surface area contributed by atoms with Gasteiger partial charge in [0.25, 0.3) is 0 Å². The lowest BCUT2D eigenvalue weighted by atomic mass is 9.77. The highest BCUT2D eigenvalue weighted by atomic mass is 35.5. The molecule has 1 atom stereocenters. The van der Waals surface area contributed by atoms with Gasteiger partial charge < -0.3 is 5.32 Å². The van der Waals surface area contributed by atoms with Crippen LogP contribution >= 0.6 is 11.6 Å². The lowest BCUT2D eigenvalue weighted by Gasteiger charge is -2.31. The SMILES string of the molecule is CC(C)(C)C(CNC1CC1)Cc1ccccc1Cl. The molecule has 0 amide bonds. The van der Waals surface area contributed by atoms with E-state index in [0.717, 1.165) is 24.0 Å². The van der Waals surface area contributed by atoms with Gasteiger partial charge in [-0.15, -0.1) is 0 Å². The Bertz CT molecular complexity index is 390. The molecule has 1 unspecified atom stereocenters. The van der Waals surface area contributed by atoms with Gasteiger partial charge in [0.15, 0.2) is 0 Å². The van der Waals surface area contributed by atoms with Crippen LogP contribution in [0, 0.1) is 11.3 Å². The van der Waals surface area contributed by atoms with Crippen molar-refractivity contribution in [1.29, 1.82) is 0 Å². The Kier molecular flexibility index (Phi) is 4.34. The minimum Gasteiger partial charge on any atom is -0.314 e. The van der Waals surface area contributed by atoms with Crippen molar-refractivity contribution < 1.29 is 0 Å². The van der Waals surface area contributed by atoms with Crippen molar-refractivity contribution in [2.75, 3.05) is 6.54 Å². The first kappa shape index (κ1) is 13.9. The Balaban J connectivity index is 2.01. The maximum atomic E-state index is 6.27. The van der Waals surface area contributed by atoms with Crippen molar-refractivity contribution in [3.05, 3.63) is 34.9 Å². The molecule has 0 saturated heterocycles. The number of hydrogen-bond acceptors (Lipinski definition) is 1. The fourth-order valence-electron chi connectivity index (χ4n) is 2.21. The summed E-state index contributed by atoms with van der Waals surface area (Å²) in [6, 6.07) is 9.00. The topological polar surface area (TPSA) is 12.0 Å². The molecule has 100 valence electrons. The lowest BCUT2D eigenvalue weighted by molar-refractivity contribution is 0.230. The summed E-state index contributed by atoms with van der Waals surface area (Å²) in [5, 5.41) is 4.56. The molecular formula is C16H24ClN. The van der Waals surface area contributed by atoms with Crippen molar-refractivity contribution in [1.82, 2.24) is 5.32 Å². The van der Waals surface area contributed by atoms with Gasteiger partial charge in [0.05, 0.1) is 0 Å². The van der Waals surface area contributed by atoms with Crippen molar-refractivity contribution in [2.45, 2.75) is 46.1 Å². The monoisotopic (exact) mass is 265 g/mol. The summed E-state index contributed by atoms with van der Waals surface area (Å²) in [7, 11) is 0. The standard InChI is InChI=1S/C16H24ClN/c1-16(2,3)13(11-18-14-8-9-14)10-12-6-4-5-7-15(12)17/h4-7,13-14,18H,8-11H2,1-3H3. The first-order chi connectivity index (χ1) is 8.47. The molecule has 1 N–H and O–H groups in total. The Hall–Kier alpha value is -0.530. The summed E-state index contributed by atoms with van der Waals surface area (Å²) in [6.45, 7) is 8.06. The van der Waals surface area contributed by atoms with Crippen molar-refractivity contribution >= 4 is 11.6 Å². The van der Waals surface area contributed by atoms with Gasteiger partial charge in [-0.3, -0.25) is 0 Å². The first-order valence-electron chi connectivity index (χ1n) is 6.93. The van der Waals surface area contributed by atoms with E-state index in [2.05, 4.69) is 38.2 Å². The predicted octanol–water partition coefficient (Wildman–Crippen LogP) is 4.30. The largest absolute Gasteiger partial charge is 0.314 e. The number of halogens is 1. The molecule has 1 nitrogen and oxygen atoms in total. The zero-order valence-corrected chi connectivity index (χ0v) is 12.4. The number of hydrogen-bond donors (Lipinski definition) is 1. The van der Waals surface area contributed by atoms with Crippen LogP contribution in [0.4, 0.5) is 0 Å². The Labute approximate surface area is 116 Å². The molecule has 0 bridgehead atoms. The van der Waals surface area contributed by atoms with E-state index in [4.69, 9.17) is 11.6 Å². The van der Waals surface area contributed by atoms with Gasteiger partial charge in [-0.1, -0.05) is 50.6 Å². The fourth-order valence-corrected chi connectivity index (χ4v) is 2.42. The van der Waals surface area contributed by atoms with E-state index in [0.29, 0.717) is 11.3 Å². The number of rotatable bonds is 5. The summed E-state index contributed by atoms with van der Waals surface area (Å²) in [4.78, 5) is 0. The van der Waals surface area contributed by atoms with E-state index in [-0.39, 0.29) is 0 Å². The third-order valence-corrected chi connectivity index (χ3v) is 4.25. The van der Waals surface area contributed by atoms with Crippen LogP contribution < -0.4 is 5.32 Å². The van der Waals surface area contributed by atoms with Gasteiger partial charge in [0.2, 0.25) is 0 Å². The Morgan fingerprint density at radius 3 is 2.50 bits per heavy atom. The molecule has 1 fully saturated rings. The lowest BCUT2D eigenvalue weighted by Crippen LogP contribution is -2.34. The maximum Gasteiger partial charge on any atom is 0.0438 e. The van der Waals surface area contributed by atoms with Crippen molar-refractivity contribution in [3.8, 4) is 0 Å². The molecule has 1 aromatic carbocycles. The van der Waals surface area contributed by atoms with E-state index in [1.165, 1.54) is 18.4 Å². The molecule has 1 aliphatic carbocycles. The quantitative estimate of drug-likeness (QED) is 0.837. The van der Waals surface area contributed by atoms with Crippen LogP contribution in [-0.4, -0.2) is 12.6 Å². The normalized spacial score (nSPS) is 17.8. The molecule has 1 saturated carbocycles. The third kappa shape index (κ3) is 4.00. The zero-order chi connectivity index (χ0) is 13.2. The molecule has 1 aliphatic rings. The molecule has 2 rings (SSSR count). The fraction of sp³-hybridized carbons (Fsp3) is 0.625. The van der Waals surface area contributed by atoms with Gasteiger partial charge in [-0.2, -0.15) is 0 Å². The van der Waals surface area contributed by atoms with E-state index < -0.39 is 0 Å². The van der Waals surface area contributed by atoms with Crippen LogP contribution in [0.25, 0.3) is 0 Å². The van der Waals surface area contributed by atoms with E-state index in [1.54, 1.807) is 0 Å². The van der Waals surface area contributed by atoms with Gasteiger partial charge >= 0.3 is 0 Å². The third-order valence-electron chi connectivity index (χ3n) is 3.88. The van der Waals surface area contributed by atoms with Crippen molar-refractivity contribution in [2.24, 2.45) is 11.3 Å². The van der Waals surface area contributed by atoms with Crippen LogP contribution in [0.1, 0.15) is 39.2 Å². The molecule has 1 aromatic rings. The smallest absolute Gasteiger partial charge is 0.0438 e. The van der Waals surface area contributed by atoms with Gasteiger partial charge in [-0.05, 0) is 48.8 Å². The molecule has 0 aliphatic heterocycles. The van der Waals surface area contributed by atoms with Crippen LogP contribution in [0.3, 0.4) is 0 Å². The van der Waals surface area contributed by atoms with Crippen LogP contribution in [-0.2, 0) is 6.42 Å². The highest BCUT2D eigenvalue weighted by Crippen LogP contribution is 2.31. The Morgan fingerprint density at radius 1 is 1.28 bits per heavy atom. The summed E-state index contributed by atoms with van der Waals surface area (Å²) in [5.74, 6) is 0.623. The zero-order valence-electron chi connectivity index (χ0n) is 11.7. The van der Waals surface area contributed by atoms with Crippen LogP contribution in [0.5, 0.6) is 0 Å². The molecular weight excluding hydrogens is 242 g/mol. The average Bonchev–Trinajstić information content (AvgIpc) is 3.08. The second-order valence-corrected chi connectivity index (χ2v) is 6.95. The summed E-state index contributed by atoms with van der Waals surface area (Å²) >= 11 is 6.27. The van der Waals surface area contributed by atoms with E-state index in [9.17, 15) is 0 Å². The molecule has 18 heavy (non-hydrogen) atoms. The van der Waals surface area contributed by atoms with Crippen molar-refractivity contribution in [3.63, 3.8) is 0 Å². The minimum atomic E-state index is 0.307. The van der Waals surface area contributed by atoms with Gasteiger partial charge in [0, 0.05) is 11.1 Å². The molecule has 0 spiro atoms. The Morgan fingerprint density at radius 2 is 1.94 bits per heavy atom. The van der Waals surface area contributed by atoms with E-state index in [1.807, 2.05) is 12.1 Å². The van der Waals surface area contributed by atoms with Crippen LogP contribution in [0.2, 0.25) is 5.02 Å². The predicted molar refractivity (Wildman–Crippen MR) is 79.1 cm³/mol. The molecule has 0 radical (unpaired) electrons. The minimum absolute atomic E-state index is 0.307. The van der Waals surface area contributed by atoms with Crippen LogP contribution in [0.15, 0.2) is 24.3 Å². The van der Waals surface area contributed by atoms with Gasteiger partial charge in [-0.25, -0.2) is 0 Å². The number of nitrogens with one attached hydrogen (secondary N) is 1. The highest BCUT2D eigenvalue weighted by molar-refractivity contribution is 6.31. The van der Waals surface area contributed by atoms with E-state index >= 15 is 0 Å². The summed E-state index contributed by atoms with van der Waals surface area (Å²) in [5.41, 5.74) is 1.58. The number of benzene rings is 1. The summed E-state index contributed by atoms with van der Waals surface area (Å²) in [6.07, 6.45) is 3.76. The highest BCUT2D eigenvalue weighted by Gasteiger charge is 2.28. The van der Waals surface area contributed by atoms with Gasteiger partial charge in [0.1, 0.15) is 0 Å². The second kappa shape index (κ2) is 5.63. The molecule has 2 heteroatoms.